The van der Waals surface area contributed by atoms with Gasteiger partial charge in [-0.15, -0.1) is 17.7 Å². The Morgan fingerprint density at radius 3 is 1.57 bits per heavy atom. The smallest absolute Gasteiger partial charge is 0.135 e. The van der Waals surface area contributed by atoms with Gasteiger partial charge in [0.2, 0.25) is 0 Å². The molecule has 5 heteroatoms. The van der Waals surface area contributed by atoms with Crippen LogP contribution in [-0.2, 0) is 48.1 Å². The van der Waals surface area contributed by atoms with E-state index in [1.54, 1.807) is 0 Å². The van der Waals surface area contributed by atoms with Crippen LogP contribution in [0.2, 0.25) is 0 Å². The third-order valence-corrected chi connectivity index (χ3v) is 16.1. The molecule has 0 unspecified atom stereocenters. The van der Waals surface area contributed by atoms with Crippen LogP contribution in [0.3, 0.4) is 0 Å². The van der Waals surface area contributed by atoms with Crippen molar-refractivity contribution in [1.29, 1.82) is 0 Å². The van der Waals surface area contributed by atoms with Crippen molar-refractivity contribution in [3.8, 4) is 5.82 Å². The van der Waals surface area contributed by atoms with Crippen molar-refractivity contribution in [1.82, 2.24) is 9.55 Å². The molecule has 380 valence electrons. The second-order valence-corrected chi connectivity index (χ2v) is 23.6. The fourth-order valence-electron chi connectivity index (χ4n) is 11.1. The Morgan fingerprint density at radius 1 is 0.413 bits per heavy atom. The van der Waals surface area contributed by atoms with Crippen LogP contribution >= 0.6 is 0 Å². The number of pyridine rings is 1. The van der Waals surface area contributed by atoms with Crippen LogP contribution in [0.5, 0.6) is 0 Å². The summed E-state index contributed by atoms with van der Waals surface area (Å²) in [5.41, 5.74) is 16.3. The van der Waals surface area contributed by atoms with Gasteiger partial charge in [0.05, 0.1) is 0 Å². The van der Waals surface area contributed by atoms with E-state index in [9.17, 15) is 0 Å². The van der Waals surface area contributed by atoms with Crippen molar-refractivity contribution in [2.24, 2.45) is 0 Å². The zero-order chi connectivity index (χ0) is 51.8. The maximum absolute atomic E-state index is 5.21. The molecule has 10 aromatic rings. The van der Waals surface area contributed by atoms with Gasteiger partial charge in [-0.25, -0.2) is 4.98 Å². The molecule has 11 rings (SSSR count). The molecule has 0 radical (unpaired) electrons. The molecule has 0 aliphatic carbocycles. The maximum Gasteiger partial charge on any atom is 0.135 e. The Balaban J connectivity index is 0.00000641. The van der Waals surface area contributed by atoms with Crippen molar-refractivity contribution >= 4 is 44.6 Å². The van der Waals surface area contributed by atoms with Crippen molar-refractivity contribution < 1.29 is 21.1 Å². The van der Waals surface area contributed by atoms with E-state index >= 15 is 0 Å². The van der Waals surface area contributed by atoms with Gasteiger partial charge in [-0.2, -0.15) is 53.6 Å². The van der Waals surface area contributed by atoms with Gasteiger partial charge in [0.15, 0.2) is 0 Å². The number of anilines is 4. The SMILES string of the molecule is CC(C)(C)c1cc(N2[CH-]N(c3[c-]c(C(C)(C)c4[c-]c5c(cc4)c4cc(C(C)(C)c6ccccc6)ccc4n5-c4cc(C(C)(c5ccccc5)c5ccccc5)ccn4)ccc3)c3ccccc32)cc(C(C)(C)C)c1.[Pt]. The molecule has 0 bridgehead atoms. The first-order valence-corrected chi connectivity index (χ1v) is 26.2. The second-order valence-electron chi connectivity index (χ2n) is 23.6. The van der Waals surface area contributed by atoms with E-state index in [4.69, 9.17) is 4.98 Å². The minimum Gasteiger partial charge on any atom is -0.493 e. The summed E-state index contributed by atoms with van der Waals surface area (Å²) in [5, 5.41) is 2.31. The molecule has 2 aromatic heterocycles. The third kappa shape index (κ3) is 9.14. The van der Waals surface area contributed by atoms with Crippen molar-refractivity contribution in [3.05, 3.63) is 269 Å². The van der Waals surface area contributed by atoms with Crippen molar-refractivity contribution in [2.75, 3.05) is 9.80 Å². The number of hydrogen-bond acceptors (Lipinski definition) is 3. The van der Waals surface area contributed by atoms with Crippen LogP contribution in [0.15, 0.2) is 200 Å². The Bertz CT molecular complexity index is 3620. The summed E-state index contributed by atoms with van der Waals surface area (Å²) < 4.78 is 2.34. The predicted molar refractivity (Wildman–Crippen MR) is 311 cm³/mol. The van der Waals surface area contributed by atoms with E-state index in [0.29, 0.717) is 0 Å². The summed E-state index contributed by atoms with van der Waals surface area (Å²) >= 11 is 0. The van der Waals surface area contributed by atoms with E-state index in [2.05, 4.69) is 303 Å². The number of hydrogen-bond donors (Lipinski definition) is 0. The fourth-order valence-corrected chi connectivity index (χ4v) is 11.1. The molecule has 0 saturated heterocycles. The molecule has 1 aliphatic rings. The first kappa shape index (κ1) is 51.5. The first-order valence-electron chi connectivity index (χ1n) is 26.2. The minimum atomic E-state index is -0.484. The molecule has 0 fully saturated rings. The van der Waals surface area contributed by atoms with Gasteiger partial charge < -0.3 is 14.4 Å². The molecule has 3 heterocycles. The molecule has 0 atom stereocenters. The number of rotatable bonds is 10. The number of nitrogens with zero attached hydrogens (tertiary/aromatic N) is 4. The maximum atomic E-state index is 5.21. The van der Waals surface area contributed by atoms with Crippen LogP contribution in [-0.4, -0.2) is 9.55 Å². The van der Waals surface area contributed by atoms with Crippen LogP contribution in [0.1, 0.15) is 126 Å². The Kier molecular flexibility index (Phi) is 13.2. The third-order valence-electron chi connectivity index (χ3n) is 16.1. The summed E-state index contributed by atoms with van der Waals surface area (Å²) in [5.74, 6) is 0.853. The van der Waals surface area contributed by atoms with Crippen molar-refractivity contribution in [2.45, 2.75) is 103 Å². The van der Waals surface area contributed by atoms with Gasteiger partial charge in [0.1, 0.15) is 5.82 Å². The van der Waals surface area contributed by atoms with Gasteiger partial charge in [-0.05, 0) is 110 Å². The van der Waals surface area contributed by atoms with Gasteiger partial charge in [-0.1, -0.05) is 196 Å². The van der Waals surface area contributed by atoms with Gasteiger partial charge in [0, 0.05) is 60.7 Å². The fraction of sp³-hybridized carbons (Fsp3) is 0.229. The van der Waals surface area contributed by atoms with E-state index < -0.39 is 10.8 Å². The van der Waals surface area contributed by atoms with Crippen molar-refractivity contribution in [3.63, 3.8) is 0 Å². The molecular weight excluding hydrogens is 1090 g/mol. The van der Waals surface area contributed by atoms with Gasteiger partial charge in [0.25, 0.3) is 0 Å². The Labute approximate surface area is 460 Å². The minimum absolute atomic E-state index is 0. The monoisotopic (exact) mass is 1160 g/mol. The standard InChI is InChI=1S/C70H67N4.Pt/c1-66(2,3)55-40-56(67(4,5)6)43-58(42-55)73-47-72(62-32-21-22-33-63(62)73)57-31-23-30-51(41-57)69(9,10)53-34-36-59-60-44-52(68(7,8)48-24-15-12-16-25-48)35-37-61(60)74(64(59)45-53)65-46-54(38-39-71-65)70(11,49-26-17-13-18-27-49)50-28-19-14-20-29-50;/h12-40,42-44,46-47H,1-11H3;/q-3;. The van der Waals surface area contributed by atoms with Crippen LogP contribution < -0.4 is 9.80 Å². The molecule has 75 heavy (non-hydrogen) atoms. The summed E-state index contributed by atoms with van der Waals surface area (Å²) in [6.45, 7) is 27.6. The van der Waals surface area contributed by atoms with E-state index in [0.717, 1.165) is 61.7 Å². The molecular formula is C70H67N4Pt-3. The van der Waals surface area contributed by atoms with E-state index in [-0.39, 0.29) is 37.3 Å². The number of fused-ring (bicyclic) bond motifs is 4. The molecule has 0 saturated carbocycles. The molecule has 0 spiro atoms. The summed E-state index contributed by atoms with van der Waals surface area (Å²) in [4.78, 5) is 9.86. The molecule has 0 amide bonds. The van der Waals surface area contributed by atoms with Crippen LogP contribution in [0.25, 0.3) is 27.6 Å². The summed E-state index contributed by atoms with van der Waals surface area (Å²) in [6.07, 6.45) is 1.98. The van der Waals surface area contributed by atoms with Gasteiger partial charge in [-0.3, -0.25) is 0 Å². The number of aromatic nitrogens is 2. The molecule has 1 aliphatic heterocycles. The average Bonchev–Trinajstić information content (AvgIpc) is 4.03. The molecule has 8 aromatic carbocycles. The Hall–Kier alpha value is -7.00. The van der Waals surface area contributed by atoms with Crippen LogP contribution in [0.4, 0.5) is 22.7 Å². The second kappa shape index (κ2) is 19.3. The van der Waals surface area contributed by atoms with Gasteiger partial charge >= 0.3 is 0 Å². The Morgan fingerprint density at radius 2 is 0.973 bits per heavy atom. The number of benzene rings is 8. The molecule has 0 N–H and O–H groups in total. The topological polar surface area (TPSA) is 24.3 Å². The van der Waals surface area contributed by atoms with E-state index in [1.807, 2.05) is 6.20 Å². The van der Waals surface area contributed by atoms with Crippen LogP contribution in [0, 0.1) is 18.8 Å². The zero-order valence-corrected chi connectivity index (χ0v) is 47.5. The largest absolute Gasteiger partial charge is 0.493 e. The average molecular weight is 1160 g/mol. The number of para-hydroxylation sites is 2. The summed E-state index contributed by atoms with van der Waals surface area (Å²) in [7, 11) is 0. The van der Waals surface area contributed by atoms with E-state index in [1.165, 1.54) is 38.8 Å². The first-order chi connectivity index (χ1) is 35.3. The summed E-state index contributed by atoms with van der Waals surface area (Å²) in [6, 6.07) is 79.0. The quantitative estimate of drug-likeness (QED) is 0.128. The normalized spacial score (nSPS) is 13.3. The predicted octanol–water partition coefficient (Wildman–Crippen LogP) is 17.8. The molecule has 4 nitrogen and oxygen atoms in total. The zero-order valence-electron chi connectivity index (χ0n) is 45.2.